The standard InChI is InChI=1S/C15H15N5OS/c16-10-20-7-6-11(9-20)8-13(21)17-15-19-18-14(22-15)12-4-2-1-3-5-12/h1-5,11H,6-9H2,(H,17,19,21)/t11-/m0/s1. The molecule has 1 aromatic heterocycles. The van der Waals surface area contributed by atoms with Gasteiger partial charge in [-0.2, -0.15) is 5.26 Å². The van der Waals surface area contributed by atoms with Crippen molar-refractivity contribution in [2.75, 3.05) is 18.4 Å². The number of rotatable bonds is 4. The third-order valence-electron chi connectivity index (χ3n) is 3.59. The minimum Gasteiger partial charge on any atom is -0.310 e. The van der Waals surface area contributed by atoms with E-state index in [9.17, 15) is 4.79 Å². The van der Waals surface area contributed by atoms with Gasteiger partial charge in [-0.15, -0.1) is 10.2 Å². The van der Waals surface area contributed by atoms with Gasteiger partial charge in [-0.1, -0.05) is 41.7 Å². The molecule has 2 aromatic rings. The Morgan fingerprint density at radius 3 is 2.95 bits per heavy atom. The van der Waals surface area contributed by atoms with E-state index >= 15 is 0 Å². The van der Waals surface area contributed by atoms with E-state index < -0.39 is 0 Å². The lowest BCUT2D eigenvalue weighted by Gasteiger charge is -2.08. The zero-order valence-corrected chi connectivity index (χ0v) is 12.7. The van der Waals surface area contributed by atoms with Crippen LogP contribution in [0, 0.1) is 17.4 Å². The van der Waals surface area contributed by atoms with Crippen LogP contribution in [0.5, 0.6) is 0 Å². The number of carbonyl (C=O) groups excluding carboxylic acids is 1. The number of amides is 1. The summed E-state index contributed by atoms with van der Waals surface area (Å²) in [5.41, 5.74) is 0.987. The van der Waals surface area contributed by atoms with Crippen LogP contribution in [0.15, 0.2) is 30.3 Å². The van der Waals surface area contributed by atoms with Crippen LogP contribution in [0.2, 0.25) is 0 Å². The van der Waals surface area contributed by atoms with Gasteiger partial charge in [0, 0.05) is 25.1 Å². The quantitative estimate of drug-likeness (QED) is 0.876. The fourth-order valence-electron chi connectivity index (χ4n) is 2.49. The first-order chi connectivity index (χ1) is 10.7. The number of nitrogens with zero attached hydrogens (tertiary/aromatic N) is 4. The van der Waals surface area contributed by atoms with E-state index in [1.54, 1.807) is 4.90 Å². The first kappa shape index (κ1) is 14.5. The molecule has 112 valence electrons. The summed E-state index contributed by atoms with van der Waals surface area (Å²) in [6.07, 6.45) is 3.42. The van der Waals surface area contributed by atoms with Gasteiger partial charge in [0.25, 0.3) is 0 Å². The van der Waals surface area contributed by atoms with Gasteiger partial charge in [0.15, 0.2) is 6.19 Å². The Morgan fingerprint density at radius 2 is 2.23 bits per heavy atom. The number of nitriles is 1. The number of hydrogen-bond donors (Lipinski definition) is 1. The maximum Gasteiger partial charge on any atom is 0.226 e. The number of anilines is 1. The molecule has 1 atom stereocenters. The molecule has 0 aliphatic carbocycles. The average Bonchev–Trinajstić information content (AvgIpc) is 3.17. The smallest absolute Gasteiger partial charge is 0.226 e. The monoisotopic (exact) mass is 313 g/mol. The molecule has 1 aliphatic rings. The predicted molar refractivity (Wildman–Crippen MR) is 83.9 cm³/mol. The molecular weight excluding hydrogens is 298 g/mol. The van der Waals surface area contributed by atoms with Crippen LogP contribution < -0.4 is 5.32 Å². The van der Waals surface area contributed by atoms with Crippen molar-refractivity contribution in [1.29, 1.82) is 5.26 Å². The highest BCUT2D eigenvalue weighted by atomic mass is 32.1. The minimum absolute atomic E-state index is 0.0689. The van der Waals surface area contributed by atoms with E-state index in [2.05, 4.69) is 21.7 Å². The molecule has 0 radical (unpaired) electrons. The number of nitrogens with one attached hydrogen (secondary N) is 1. The van der Waals surface area contributed by atoms with Crippen molar-refractivity contribution < 1.29 is 4.79 Å². The second kappa shape index (κ2) is 6.54. The lowest BCUT2D eigenvalue weighted by molar-refractivity contribution is -0.117. The van der Waals surface area contributed by atoms with Crippen LogP contribution in [0.3, 0.4) is 0 Å². The maximum absolute atomic E-state index is 12.0. The van der Waals surface area contributed by atoms with Crippen molar-refractivity contribution >= 4 is 22.4 Å². The van der Waals surface area contributed by atoms with Crippen molar-refractivity contribution in [2.45, 2.75) is 12.8 Å². The van der Waals surface area contributed by atoms with Crippen LogP contribution in [-0.2, 0) is 4.79 Å². The molecule has 22 heavy (non-hydrogen) atoms. The zero-order valence-electron chi connectivity index (χ0n) is 11.9. The normalized spacial score (nSPS) is 17.2. The highest BCUT2D eigenvalue weighted by molar-refractivity contribution is 7.18. The van der Waals surface area contributed by atoms with E-state index in [4.69, 9.17) is 5.26 Å². The van der Waals surface area contributed by atoms with Gasteiger partial charge in [-0.3, -0.25) is 4.79 Å². The fraction of sp³-hybridized carbons (Fsp3) is 0.333. The zero-order chi connectivity index (χ0) is 15.4. The summed E-state index contributed by atoms with van der Waals surface area (Å²) in [5.74, 6) is 0.168. The van der Waals surface area contributed by atoms with Crippen molar-refractivity contribution in [3.8, 4) is 16.8 Å². The Balaban J connectivity index is 1.57. The third-order valence-corrected chi connectivity index (χ3v) is 4.48. The Kier molecular flexibility index (Phi) is 4.30. The number of carbonyl (C=O) groups is 1. The molecule has 2 heterocycles. The lowest BCUT2D eigenvalue weighted by atomic mass is 10.1. The number of likely N-dealkylation sites (tertiary alicyclic amines) is 1. The van der Waals surface area contributed by atoms with E-state index in [1.165, 1.54) is 11.3 Å². The summed E-state index contributed by atoms with van der Waals surface area (Å²) >= 11 is 1.36. The number of hydrogen-bond acceptors (Lipinski definition) is 6. The van der Waals surface area contributed by atoms with Crippen LogP contribution in [0.4, 0.5) is 5.13 Å². The molecular formula is C15H15N5OS. The highest BCUT2D eigenvalue weighted by Gasteiger charge is 2.24. The van der Waals surface area contributed by atoms with Gasteiger partial charge in [0.2, 0.25) is 11.0 Å². The fourth-order valence-corrected chi connectivity index (χ4v) is 3.26. The molecule has 1 saturated heterocycles. The van der Waals surface area contributed by atoms with Gasteiger partial charge in [-0.25, -0.2) is 0 Å². The Bertz CT molecular complexity index is 693. The number of benzene rings is 1. The molecule has 0 unspecified atom stereocenters. The molecule has 1 aliphatic heterocycles. The lowest BCUT2D eigenvalue weighted by Crippen LogP contribution is -2.19. The van der Waals surface area contributed by atoms with Crippen LogP contribution in [0.25, 0.3) is 10.6 Å². The van der Waals surface area contributed by atoms with E-state index in [0.29, 0.717) is 18.1 Å². The van der Waals surface area contributed by atoms with Gasteiger partial charge in [0.05, 0.1) is 0 Å². The molecule has 3 rings (SSSR count). The average molecular weight is 313 g/mol. The summed E-state index contributed by atoms with van der Waals surface area (Å²) < 4.78 is 0. The minimum atomic E-state index is -0.0689. The van der Waals surface area contributed by atoms with E-state index in [1.807, 2.05) is 30.3 Å². The summed E-state index contributed by atoms with van der Waals surface area (Å²) in [5, 5.41) is 21.0. The van der Waals surface area contributed by atoms with Gasteiger partial charge >= 0.3 is 0 Å². The molecule has 1 aromatic carbocycles. The molecule has 1 amide bonds. The van der Waals surface area contributed by atoms with Gasteiger partial charge in [-0.05, 0) is 12.3 Å². The molecule has 0 bridgehead atoms. The SMILES string of the molecule is N#CN1CC[C@@H](CC(=O)Nc2nnc(-c3ccccc3)s2)C1. The first-order valence-electron chi connectivity index (χ1n) is 7.08. The van der Waals surface area contributed by atoms with Gasteiger partial charge in [0.1, 0.15) is 5.01 Å². The number of aromatic nitrogens is 2. The molecule has 1 fully saturated rings. The van der Waals surface area contributed by atoms with Crippen molar-refractivity contribution in [3.63, 3.8) is 0 Å². The van der Waals surface area contributed by atoms with Crippen LogP contribution in [0.1, 0.15) is 12.8 Å². The molecule has 0 spiro atoms. The van der Waals surface area contributed by atoms with Crippen molar-refractivity contribution in [3.05, 3.63) is 30.3 Å². The largest absolute Gasteiger partial charge is 0.310 e. The van der Waals surface area contributed by atoms with Crippen LogP contribution >= 0.6 is 11.3 Å². The van der Waals surface area contributed by atoms with E-state index in [-0.39, 0.29) is 11.8 Å². The Morgan fingerprint density at radius 1 is 1.41 bits per heavy atom. The summed E-state index contributed by atoms with van der Waals surface area (Å²) in [6.45, 7) is 1.40. The first-order valence-corrected chi connectivity index (χ1v) is 7.89. The predicted octanol–water partition coefficient (Wildman–Crippen LogP) is 2.34. The Labute approximate surface area is 132 Å². The topological polar surface area (TPSA) is 81.9 Å². The van der Waals surface area contributed by atoms with Crippen molar-refractivity contribution in [2.24, 2.45) is 5.92 Å². The van der Waals surface area contributed by atoms with Crippen molar-refractivity contribution in [1.82, 2.24) is 15.1 Å². The molecule has 7 heteroatoms. The second-order valence-electron chi connectivity index (χ2n) is 5.23. The molecule has 1 N–H and O–H groups in total. The Hall–Kier alpha value is -2.46. The van der Waals surface area contributed by atoms with E-state index in [0.717, 1.165) is 23.5 Å². The molecule has 0 saturated carbocycles. The van der Waals surface area contributed by atoms with Crippen LogP contribution in [-0.4, -0.2) is 34.1 Å². The van der Waals surface area contributed by atoms with Gasteiger partial charge < -0.3 is 10.2 Å². The third kappa shape index (κ3) is 3.40. The second-order valence-corrected chi connectivity index (χ2v) is 6.21. The summed E-state index contributed by atoms with van der Waals surface area (Å²) in [4.78, 5) is 13.7. The summed E-state index contributed by atoms with van der Waals surface area (Å²) in [7, 11) is 0. The maximum atomic E-state index is 12.0. The highest BCUT2D eigenvalue weighted by Crippen LogP contribution is 2.26. The molecule has 6 nitrogen and oxygen atoms in total. The summed E-state index contributed by atoms with van der Waals surface area (Å²) in [6, 6.07) is 9.74.